The van der Waals surface area contributed by atoms with Crippen LogP contribution in [0.5, 0.6) is 23.0 Å². The number of aliphatic hydroxyl groups is 1. The highest BCUT2D eigenvalue weighted by Crippen LogP contribution is 2.35. The van der Waals surface area contributed by atoms with Gasteiger partial charge in [-0.1, -0.05) is 0 Å². The van der Waals surface area contributed by atoms with Crippen LogP contribution in [0, 0.1) is 0 Å². The molecule has 0 spiro atoms. The van der Waals surface area contributed by atoms with Gasteiger partial charge in [-0.05, 0) is 43.3 Å². The molecule has 2 aromatic carbocycles. The first-order valence-electron chi connectivity index (χ1n) is 8.84. The number of ether oxygens (including phenoxy) is 4. The van der Waals surface area contributed by atoms with Crippen molar-refractivity contribution < 1.29 is 28.8 Å². The van der Waals surface area contributed by atoms with Gasteiger partial charge in [0.2, 0.25) is 12.7 Å². The van der Waals surface area contributed by atoms with Gasteiger partial charge in [-0.25, -0.2) is 0 Å². The van der Waals surface area contributed by atoms with Crippen molar-refractivity contribution in [3.63, 3.8) is 0 Å². The zero-order valence-electron chi connectivity index (χ0n) is 15.7. The summed E-state index contributed by atoms with van der Waals surface area (Å²) in [6, 6.07) is 12.7. The summed E-state index contributed by atoms with van der Waals surface area (Å²) in [6.45, 7) is 2.18. The van der Waals surface area contributed by atoms with Crippen molar-refractivity contribution in [3.05, 3.63) is 42.5 Å². The first kappa shape index (κ1) is 20.2. The largest absolute Gasteiger partial charge is 0.497 e. The van der Waals surface area contributed by atoms with Gasteiger partial charge in [-0.2, -0.15) is 0 Å². The number of hydrogen-bond donors (Lipinski definition) is 2. The van der Waals surface area contributed by atoms with Crippen LogP contribution in [0.25, 0.3) is 0 Å². The molecule has 28 heavy (non-hydrogen) atoms. The Balaban J connectivity index is 1.39. The van der Waals surface area contributed by atoms with E-state index < -0.39 is 6.10 Å². The Kier molecular flexibility index (Phi) is 6.89. The first-order chi connectivity index (χ1) is 13.5. The van der Waals surface area contributed by atoms with Gasteiger partial charge in [0.25, 0.3) is 0 Å². The van der Waals surface area contributed by atoms with Crippen LogP contribution in [0.3, 0.4) is 0 Å². The van der Waals surface area contributed by atoms with E-state index in [-0.39, 0.29) is 31.1 Å². The minimum Gasteiger partial charge on any atom is -0.497 e. The third kappa shape index (κ3) is 5.46. The van der Waals surface area contributed by atoms with Crippen LogP contribution in [0.1, 0.15) is 6.92 Å². The number of fused-ring (bicyclic) bond motifs is 1. The summed E-state index contributed by atoms with van der Waals surface area (Å²) in [6.07, 6.45) is -0.826. The van der Waals surface area contributed by atoms with Crippen molar-refractivity contribution in [2.24, 2.45) is 0 Å². The monoisotopic (exact) mass is 405 g/mol. The molecule has 0 bridgehead atoms. The van der Waals surface area contributed by atoms with E-state index in [1.807, 2.05) is 31.2 Å². The second-order valence-electron chi connectivity index (χ2n) is 6.16. The van der Waals surface area contributed by atoms with Crippen LogP contribution < -0.4 is 24.3 Å². The number of carbonyl (C=O) groups is 1. The standard InChI is InChI=1S/C20H23NO6S/c1-13(28-17-6-3-15(24-2)4-7-17)20(23)21-10-14(22)11-25-16-5-8-18-19(9-16)27-12-26-18/h3-9,13-14,22H,10-12H2,1-2H3,(H,21,23). The summed E-state index contributed by atoms with van der Waals surface area (Å²) in [7, 11) is 1.61. The van der Waals surface area contributed by atoms with Gasteiger partial charge in [0.1, 0.15) is 24.2 Å². The van der Waals surface area contributed by atoms with E-state index in [1.54, 1.807) is 25.3 Å². The molecule has 0 aliphatic carbocycles. The van der Waals surface area contributed by atoms with Crippen molar-refractivity contribution in [2.45, 2.75) is 23.2 Å². The van der Waals surface area contributed by atoms with Gasteiger partial charge >= 0.3 is 0 Å². The molecule has 1 aliphatic heterocycles. The molecule has 3 rings (SSSR count). The lowest BCUT2D eigenvalue weighted by Crippen LogP contribution is -2.38. The maximum atomic E-state index is 12.2. The Morgan fingerprint density at radius 1 is 1.18 bits per heavy atom. The molecule has 2 aromatic rings. The third-order valence-electron chi connectivity index (χ3n) is 4.04. The van der Waals surface area contributed by atoms with Crippen LogP contribution in [0.2, 0.25) is 0 Å². The number of thioether (sulfide) groups is 1. The molecule has 2 atom stereocenters. The summed E-state index contributed by atoms with van der Waals surface area (Å²) >= 11 is 1.44. The smallest absolute Gasteiger partial charge is 0.233 e. The number of nitrogens with one attached hydrogen (secondary N) is 1. The number of rotatable bonds is 9. The average Bonchev–Trinajstić information content (AvgIpc) is 3.18. The molecule has 8 heteroatoms. The number of methoxy groups -OCH3 is 1. The van der Waals surface area contributed by atoms with Crippen LogP contribution in [0.15, 0.2) is 47.4 Å². The molecule has 0 saturated heterocycles. The maximum absolute atomic E-state index is 12.2. The molecule has 0 saturated carbocycles. The molecular weight excluding hydrogens is 382 g/mol. The van der Waals surface area contributed by atoms with E-state index in [1.165, 1.54) is 11.8 Å². The normalized spacial score (nSPS) is 14.2. The van der Waals surface area contributed by atoms with Crippen LogP contribution in [-0.2, 0) is 4.79 Å². The van der Waals surface area contributed by atoms with Crippen molar-refractivity contribution in [1.82, 2.24) is 5.32 Å². The van der Waals surface area contributed by atoms with Gasteiger partial charge in [-0.15, -0.1) is 11.8 Å². The molecular formula is C20H23NO6S. The highest BCUT2D eigenvalue weighted by molar-refractivity contribution is 8.00. The lowest BCUT2D eigenvalue weighted by Gasteiger charge is -2.16. The summed E-state index contributed by atoms with van der Waals surface area (Å²) in [5.74, 6) is 2.47. The predicted octanol–water partition coefficient (Wildman–Crippen LogP) is 2.46. The highest BCUT2D eigenvalue weighted by Gasteiger charge is 2.17. The Labute approximate surface area is 167 Å². The summed E-state index contributed by atoms with van der Waals surface area (Å²) in [5, 5.41) is 12.5. The van der Waals surface area contributed by atoms with E-state index >= 15 is 0 Å². The molecule has 1 aliphatic rings. The topological polar surface area (TPSA) is 86.3 Å². The number of benzene rings is 2. The summed E-state index contributed by atoms with van der Waals surface area (Å²) in [5.41, 5.74) is 0. The second kappa shape index (κ2) is 9.57. The SMILES string of the molecule is COc1ccc(SC(C)C(=O)NCC(O)COc2ccc3c(c2)OCO3)cc1. The van der Waals surface area contributed by atoms with E-state index in [4.69, 9.17) is 18.9 Å². The lowest BCUT2D eigenvalue weighted by atomic mass is 10.3. The quantitative estimate of drug-likeness (QED) is 0.620. The fraction of sp³-hybridized carbons (Fsp3) is 0.350. The van der Waals surface area contributed by atoms with Crippen molar-refractivity contribution in [2.75, 3.05) is 27.1 Å². The van der Waals surface area contributed by atoms with Gasteiger partial charge in [0.15, 0.2) is 11.5 Å². The Hall–Kier alpha value is -2.58. The van der Waals surface area contributed by atoms with Crippen LogP contribution in [-0.4, -0.2) is 49.4 Å². The van der Waals surface area contributed by atoms with Gasteiger partial charge in [-0.3, -0.25) is 4.79 Å². The Morgan fingerprint density at radius 2 is 1.89 bits per heavy atom. The molecule has 0 fully saturated rings. The van der Waals surface area contributed by atoms with Gasteiger partial charge < -0.3 is 29.4 Å². The lowest BCUT2D eigenvalue weighted by molar-refractivity contribution is -0.120. The zero-order chi connectivity index (χ0) is 19.9. The molecule has 1 heterocycles. The van der Waals surface area contributed by atoms with E-state index in [2.05, 4.69) is 5.32 Å². The Bertz CT molecular complexity index is 798. The molecule has 7 nitrogen and oxygen atoms in total. The van der Waals surface area contributed by atoms with E-state index in [9.17, 15) is 9.90 Å². The number of hydrogen-bond acceptors (Lipinski definition) is 7. The summed E-state index contributed by atoms with van der Waals surface area (Å²) in [4.78, 5) is 13.2. The Morgan fingerprint density at radius 3 is 2.64 bits per heavy atom. The zero-order valence-corrected chi connectivity index (χ0v) is 16.5. The number of carbonyl (C=O) groups excluding carboxylic acids is 1. The number of amides is 1. The van der Waals surface area contributed by atoms with Gasteiger partial charge in [0, 0.05) is 17.5 Å². The van der Waals surface area contributed by atoms with E-state index in [0.29, 0.717) is 17.2 Å². The third-order valence-corrected chi connectivity index (χ3v) is 5.15. The van der Waals surface area contributed by atoms with Crippen molar-refractivity contribution >= 4 is 17.7 Å². The number of aliphatic hydroxyl groups excluding tert-OH is 1. The van der Waals surface area contributed by atoms with Crippen LogP contribution >= 0.6 is 11.8 Å². The molecule has 0 radical (unpaired) electrons. The van der Waals surface area contributed by atoms with E-state index in [0.717, 1.165) is 10.6 Å². The minimum absolute atomic E-state index is 0.0555. The minimum atomic E-state index is -0.826. The highest BCUT2D eigenvalue weighted by atomic mass is 32.2. The molecule has 0 aromatic heterocycles. The fourth-order valence-electron chi connectivity index (χ4n) is 2.49. The maximum Gasteiger partial charge on any atom is 0.233 e. The fourth-order valence-corrected chi connectivity index (χ4v) is 3.38. The van der Waals surface area contributed by atoms with Gasteiger partial charge in [0.05, 0.1) is 12.4 Å². The van der Waals surface area contributed by atoms with Crippen molar-refractivity contribution in [1.29, 1.82) is 0 Å². The average molecular weight is 405 g/mol. The molecule has 1 amide bonds. The molecule has 2 N–H and O–H groups in total. The summed E-state index contributed by atoms with van der Waals surface area (Å²) < 4.78 is 21.2. The van der Waals surface area contributed by atoms with Crippen LogP contribution in [0.4, 0.5) is 0 Å². The molecule has 150 valence electrons. The predicted molar refractivity (Wildman–Crippen MR) is 105 cm³/mol. The first-order valence-corrected chi connectivity index (χ1v) is 9.72. The van der Waals surface area contributed by atoms with Crippen molar-refractivity contribution in [3.8, 4) is 23.0 Å². The molecule has 2 unspecified atom stereocenters. The second-order valence-corrected chi connectivity index (χ2v) is 7.57.